The van der Waals surface area contributed by atoms with Gasteiger partial charge in [-0.1, -0.05) is 0 Å². The van der Waals surface area contributed by atoms with E-state index < -0.39 is 6.10 Å². The fraction of sp³-hybridized carbons (Fsp3) is 0.556. The number of aliphatic hydroxyl groups excluding tert-OH is 1. The van der Waals surface area contributed by atoms with Gasteiger partial charge in [0.15, 0.2) is 0 Å². The average Bonchev–Trinajstić information content (AvgIpc) is 3.09. The number of amides is 2. The first-order valence-electron chi connectivity index (χ1n) is 9.00. The maximum Gasteiger partial charge on any atom is 0.237 e. The van der Waals surface area contributed by atoms with E-state index in [2.05, 4.69) is 15.5 Å². The quantitative estimate of drug-likeness (QED) is 0.668. The summed E-state index contributed by atoms with van der Waals surface area (Å²) in [5.41, 5.74) is 0.956. The lowest BCUT2D eigenvalue weighted by atomic mass is 10.2. The molecule has 0 aromatic heterocycles. The standard InChI is InChI=1S/C18H25FN4O3/c19-13-1-3-14(4-2-13)22-7-9-23(10-8-22)17(25)5-6-20-18(26)16-11-15(24)12-21-16/h1-4,15-16,21,24H,5-12H2,(H,20,26). The Morgan fingerprint density at radius 3 is 2.50 bits per heavy atom. The molecule has 2 aliphatic rings. The van der Waals surface area contributed by atoms with E-state index in [0.29, 0.717) is 45.7 Å². The Balaban J connectivity index is 1.37. The van der Waals surface area contributed by atoms with E-state index in [1.165, 1.54) is 12.1 Å². The van der Waals surface area contributed by atoms with E-state index >= 15 is 0 Å². The highest BCUT2D eigenvalue weighted by Gasteiger charge is 2.28. The molecule has 26 heavy (non-hydrogen) atoms. The van der Waals surface area contributed by atoms with Crippen LogP contribution in [0.3, 0.4) is 0 Å². The zero-order chi connectivity index (χ0) is 18.5. The van der Waals surface area contributed by atoms with Gasteiger partial charge < -0.3 is 25.5 Å². The van der Waals surface area contributed by atoms with Crippen LogP contribution in [0.1, 0.15) is 12.8 Å². The molecule has 1 aromatic rings. The SMILES string of the molecule is O=C(NCCC(=O)N1CCN(c2ccc(F)cc2)CC1)C1CC(O)CN1. The number of nitrogens with zero attached hydrogens (tertiary/aromatic N) is 2. The van der Waals surface area contributed by atoms with Crippen LogP contribution in [0, 0.1) is 5.82 Å². The van der Waals surface area contributed by atoms with Crippen molar-refractivity contribution in [3.8, 4) is 0 Å². The molecule has 3 N–H and O–H groups in total. The molecule has 8 heteroatoms. The Morgan fingerprint density at radius 1 is 1.19 bits per heavy atom. The number of hydrogen-bond donors (Lipinski definition) is 3. The molecule has 0 bridgehead atoms. The molecule has 2 unspecified atom stereocenters. The van der Waals surface area contributed by atoms with Gasteiger partial charge in [-0.05, 0) is 30.7 Å². The van der Waals surface area contributed by atoms with Crippen LogP contribution in [0.4, 0.5) is 10.1 Å². The Morgan fingerprint density at radius 2 is 1.88 bits per heavy atom. The molecule has 0 saturated carbocycles. The van der Waals surface area contributed by atoms with Crippen molar-refractivity contribution >= 4 is 17.5 Å². The summed E-state index contributed by atoms with van der Waals surface area (Å²) in [6.45, 7) is 3.35. The van der Waals surface area contributed by atoms with Gasteiger partial charge in [-0.2, -0.15) is 0 Å². The summed E-state index contributed by atoms with van der Waals surface area (Å²) in [5, 5.41) is 15.1. The van der Waals surface area contributed by atoms with Gasteiger partial charge in [-0.3, -0.25) is 9.59 Å². The molecule has 3 rings (SSSR count). The highest BCUT2D eigenvalue weighted by molar-refractivity contribution is 5.83. The Hall–Kier alpha value is -2.19. The van der Waals surface area contributed by atoms with Crippen LogP contribution in [-0.4, -0.2) is 73.2 Å². The number of benzene rings is 1. The van der Waals surface area contributed by atoms with Crippen molar-refractivity contribution in [1.82, 2.24) is 15.5 Å². The second-order valence-electron chi connectivity index (χ2n) is 6.74. The van der Waals surface area contributed by atoms with Gasteiger partial charge in [-0.15, -0.1) is 0 Å². The van der Waals surface area contributed by atoms with Crippen molar-refractivity contribution in [3.05, 3.63) is 30.1 Å². The molecule has 2 aliphatic heterocycles. The van der Waals surface area contributed by atoms with Crippen LogP contribution < -0.4 is 15.5 Å². The van der Waals surface area contributed by atoms with Crippen LogP contribution in [0.2, 0.25) is 0 Å². The summed E-state index contributed by atoms with van der Waals surface area (Å²) < 4.78 is 13.0. The zero-order valence-electron chi connectivity index (χ0n) is 14.7. The van der Waals surface area contributed by atoms with Crippen molar-refractivity contribution in [3.63, 3.8) is 0 Å². The number of aliphatic hydroxyl groups is 1. The molecule has 2 saturated heterocycles. The topological polar surface area (TPSA) is 84.9 Å². The molecule has 0 radical (unpaired) electrons. The Labute approximate surface area is 152 Å². The molecule has 2 heterocycles. The van der Waals surface area contributed by atoms with E-state index in [0.717, 1.165) is 5.69 Å². The van der Waals surface area contributed by atoms with Gasteiger partial charge in [0.25, 0.3) is 0 Å². The third-order valence-electron chi connectivity index (χ3n) is 4.89. The molecule has 7 nitrogen and oxygen atoms in total. The third kappa shape index (κ3) is 4.70. The smallest absolute Gasteiger partial charge is 0.237 e. The second-order valence-corrected chi connectivity index (χ2v) is 6.74. The number of halogens is 1. The lowest BCUT2D eigenvalue weighted by Crippen LogP contribution is -2.49. The van der Waals surface area contributed by atoms with Crippen molar-refractivity contribution < 1.29 is 19.1 Å². The fourth-order valence-electron chi connectivity index (χ4n) is 3.36. The summed E-state index contributed by atoms with van der Waals surface area (Å²) in [4.78, 5) is 28.1. The molecule has 0 spiro atoms. The lowest BCUT2D eigenvalue weighted by molar-refractivity contribution is -0.131. The maximum atomic E-state index is 13.0. The van der Waals surface area contributed by atoms with Gasteiger partial charge in [0.1, 0.15) is 5.82 Å². The maximum absolute atomic E-state index is 13.0. The van der Waals surface area contributed by atoms with E-state index in [-0.39, 0.29) is 30.1 Å². The van der Waals surface area contributed by atoms with Gasteiger partial charge in [0, 0.05) is 51.4 Å². The van der Waals surface area contributed by atoms with Crippen LogP contribution in [-0.2, 0) is 9.59 Å². The van der Waals surface area contributed by atoms with E-state index in [9.17, 15) is 19.1 Å². The second kappa shape index (κ2) is 8.46. The number of anilines is 1. The summed E-state index contributed by atoms with van der Waals surface area (Å²) in [6, 6.07) is 5.99. The van der Waals surface area contributed by atoms with Gasteiger partial charge >= 0.3 is 0 Å². The highest BCUT2D eigenvalue weighted by atomic mass is 19.1. The number of piperazine rings is 1. The summed E-state index contributed by atoms with van der Waals surface area (Å²) in [6.07, 6.45) is 0.188. The molecular formula is C18H25FN4O3. The predicted octanol–water partition coefficient (Wildman–Crippen LogP) is -0.297. The number of nitrogens with one attached hydrogen (secondary N) is 2. The monoisotopic (exact) mass is 364 g/mol. The number of carbonyl (C=O) groups is 2. The number of carbonyl (C=O) groups excluding carboxylic acids is 2. The van der Waals surface area contributed by atoms with Crippen LogP contribution in [0.25, 0.3) is 0 Å². The first kappa shape index (κ1) is 18.6. The van der Waals surface area contributed by atoms with Crippen LogP contribution in [0.15, 0.2) is 24.3 Å². The highest BCUT2D eigenvalue weighted by Crippen LogP contribution is 2.17. The average molecular weight is 364 g/mol. The molecule has 2 fully saturated rings. The Bertz CT molecular complexity index is 632. The van der Waals surface area contributed by atoms with E-state index in [4.69, 9.17) is 0 Å². The number of β-amino-alcohol motifs (C(OH)–C–C–N with tert-alkyl or cyclic N) is 1. The van der Waals surface area contributed by atoms with Crippen molar-refractivity contribution in [2.24, 2.45) is 0 Å². The fourth-order valence-corrected chi connectivity index (χ4v) is 3.36. The number of hydrogen-bond acceptors (Lipinski definition) is 5. The molecule has 2 atom stereocenters. The van der Waals surface area contributed by atoms with Crippen molar-refractivity contribution in [2.45, 2.75) is 25.0 Å². The first-order chi connectivity index (χ1) is 12.5. The van der Waals surface area contributed by atoms with Gasteiger partial charge in [-0.25, -0.2) is 4.39 Å². The Kier molecular flexibility index (Phi) is 6.05. The van der Waals surface area contributed by atoms with Crippen molar-refractivity contribution in [2.75, 3.05) is 44.2 Å². The predicted molar refractivity (Wildman–Crippen MR) is 95.2 cm³/mol. The van der Waals surface area contributed by atoms with Crippen LogP contribution in [0.5, 0.6) is 0 Å². The molecule has 0 aliphatic carbocycles. The molecule has 1 aromatic carbocycles. The molecule has 142 valence electrons. The van der Waals surface area contributed by atoms with Crippen LogP contribution >= 0.6 is 0 Å². The normalized spacial score (nSPS) is 23.2. The minimum atomic E-state index is -0.482. The summed E-state index contributed by atoms with van der Waals surface area (Å²) >= 11 is 0. The van der Waals surface area contributed by atoms with E-state index in [1.807, 2.05) is 0 Å². The lowest BCUT2D eigenvalue weighted by Gasteiger charge is -2.36. The molecule has 2 amide bonds. The summed E-state index contributed by atoms with van der Waals surface area (Å²) in [5.74, 6) is -0.411. The minimum absolute atomic E-state index is 0.0171. The minimum Gasteiger partial charge on any atom is -0.392 e. The van der Waals surface area contributed by atoms with Gasteiger partial charge in [0.2, 0.25) is 11.8 Å². The number of rotatable bonds is 5. The van der Waals surface area contributed by atoms with Gasteiger partial charge in [0.05, 0.1) is 12.1 Å². The largest absolute Gasteiger partial charge is 0.392 e. The summed E-state index contributed by atoms with van der Waals surface area (Å²) in [7, 11) is 0. The third-order valence-corrected chi connectivity index (χ3v) is 4.89. The van der Waals surface area contributed by atoms with E-state index in [1.54, 1.807) is 17.0 Å². The first-order valence-corrected chi connectivity index (χ1v) is 9.00. The molecular weight excluding hydrogens is 339 g/mol. The van der Waals surface area contributed by atoms with Crippen molar-refractivity contribution in [1.29, 1.82) is 0 Å². The zero-order valence-corrected chi connectivity index (χ0v) is 14.7.